The van der Waals surface area contributed by atoms with Crippen LogP contribution in [0.2, 0.25) is 0 Å². The molecule has 0 saturated heterocycles. The number of amides is 3. The summed E-state index contributed by atoms with van der Waals surface area (Å²) in [7, 11) is 0. The summed E-state index contributed by atoms with van der Waals surface area (Å²) in [6, 6.07) is 12.3. The molecular weight excluding hydrogens is 380 g/mol. The number of benzene rings is 2. The lowest BCUT2D eigenvalue weighted by Crippen LogP contribution is -2.40. The van der Waals surface area contributed by atoms with Crippen LogP contribution < -0.4 is 21.3 Å². The van der Waals surface area contributed by atoms with Gasteiger partial charge in [0, 0.05) is 34.6 Å². The Morgan fingerprint density at radius 3 is 2.10 bits per heavy atom. The van der Waals surface area contributed by atoms with Gasteiger partial charge in [0.1, 0.15) is 0 Å². The molecule has 160 valence electrons. The van der Waals surface area contributed by atoms with E-state index in [1.807, 2.05) is 33.8 Å². The van der Waals surface area contributed by atoms with Gasteiger partial charge in [0.15, 0.2) is 0 Å². The summed E-state index contributed by atoms with van der Waals surface area (Å²) in [5.41, 5.74) is 3.19. The summed E-state index contributed by atoms with van der Waals surface area (Å²) in [6.45, 7) is 9.52. The Morgan fingerprint density at radius 1 is 0.867 bits per heavy atom. The molecule has 0 fully saturated rings. The third-order valence-corrected chi connectivity index (χ3v) is 4.21. The summed E-state index contributed by atoms with van der Waals surface area (Å²) >= 11 is 0. The quantitative estimate of drug-likeness (QED) is 0.556. The first kappa shape index (κ1) is 22.9. The van der Waals surface area contributed by atoms with Crippen LogP contribution in [0.25, 0.3) is 0 Å². The van der Waals surface area contributed by atoms with Crippen molar-refractivity contribution >= 4 is 34.8 Å². The number of hydrogen-bond acceptors (Lipinski definition) is 4. The number of anilines is 3. The van der Waals surface area contributed by atoms with Gasteiger partial charge in [-0.15, -0.1) is 0 Å². The Hall–Kier alpha value is -3.35. The molecule has 0 bridgehead atoms. The minimum atomic E-state index is -0.304. The number of nitrogens with one attached hydrogen (secondary N) is 4. The summed E-state index contributed by atoms with van der Waals surface area (Å²) < 4.78 is 0. The summed E-state index contributed by atoms with van der Waals surface area (Å²) in [6.07, 6.45) is 0.386. The van der Waals surface area contributed by atoms with Gasteiger partial charge in [-0.25, -0.2) is 0 Å². The van der Waals surface area contributed by atoms with Crippen molar-refractivity contribution in [1.29, 1.82) is 0 Å². The van der Waals surface area contributed by atoms with E-state index in [0.717, 1.165) is 11.3 Å². The minimum absolute atomic E-state index is 0.0675. The van der Waals surface area contributed by atoms with E-state index in [1.165, 1.54) is 0 Å². The molecule has 0 unspecified atom stereocenters. The fraction of sp³-hybridized carbons (Fsp3) is 0.348. The molecule has 30 heavy (non-hydrogen) atoms. The number of rotatable bonds is 7. The molecule has 0 saturated carbocycles. The van der Waals surface area contributed by atoms with Crippen LogP contribution in [0.4, 0.5) is 17.1 Å². The van der Waals surface area contributed by atoms with Crippen LogP contribution in [0, 0.1) is 6.92 Å². The smallest absolute Gasteiger partial charge is 0.251 e. The highest BCUT2D eigenvalue weighted by atomic mass is 16.2. The van der Waals surface area contributed by atoms with Crippen LogP contribution in [0.1, 0.15) is 50.0 Å². The Labute approximate surface area is 177 Å². The lowest BCUT2D eigenvalue weighted by atomic mass is 10.1. The topological polar surface area (TPSA) is 99.3 Å². The second-order valence-corrected chi connectivity index (χ2v) is 8.11. The average molecular weight is 411 g/mol. The molecule has 0 aliphatic carbocycles. The molecule has 7 heteroatoms. The number of aryl methyl sites for hydroxylation is 1. The maximum atomic E-state index is 12.3. The van der Waals surface area contributed by atoms with Crippen molar-refractivity contribution < 1.29 is 14.4 Å². The van der Waals surface area contributed by atoms with E-state index in [4.69, 9.17) is 0 Å². The van der Waals surface area contributed by atoms with Crippen LogP contribution in [0.15, 0.2) is 42.5 Å². The zero-order valence-corrected chi connectivity index (χ0v) is 18.2. The number of carbonyl (C=O) groups is 3. The lowest BCUT2D eigenvalue weighted by molar-refractivity contribution is -0.116. The van der Waals surface area contributed by atoms with Crippen molar-refractivity contribution in [2.45, 2.75) is 46.6 Å². The molecule has 0 spiro atoms. The Balaban J connectivity index is 1.91. The van der Waals surface area contributed by atoms with Crippen molar-refractivity contribution in [3.05, 3.63) is 53.6 Å². The predicted octanol–water partition coefficient (Wildman–Crippen LogP) is 3.92. The molecule has 7 nitrogen and oxygen atoms in total. The van der Waals surface area contributed by atoms with Crippen molar-refractivity contribution in [3.8, 4) is 0 Å². The molecule has 0 aliphatic heterocycles. The van der Waals surface area contributed by atoms with Crippen molar-refractivity contribution in [1.82, 2.24) is 5.32 Å². The van der Waals surface area contributed by atoms with Gasteiger partial charge in [-0.1, -0.05) is 13.0 Å². The van der Waals surface area contributed by atoms with Crippen LogP contribution >= 0.6 is 0 Å². The van der Waals surface area contributed by atoms with Crippen LogP contribution in [0.5, 0.6) is 0 Å². The number of carbonyl (C=O) groups excluding carboxylic acids is 3. The summed E-state index contributed by atoms with van der Waals surface area (Å²) in [5, 5.41) is 11.6. The van der Waals surface area contributed by atoms with Gasteiger partial charge >= 0.3 is 0 Å². The molecule has 4 N–H and O–H groups in total. The highest BCUT2D eigenvalue weighted by molar-refractivity contribution is 5.97. The molecular formula is C23H30N4O3. The van der Waals surface area contributed by atoms with Crippen LogP contribution in [-0.4, -0.2) is 29.8 Å². The second kappa shape index (κ2) is 9.91. The average Bonchev–Trinajstić information content (AvgIpc) is 2.68. The molecule has 2 aromatic carbocycles. The predicted molar refractivity (Wildman–Crippen MR) is 121 cm³/mol. The molecule has 0 heterocycles. The van der Waals surface area contributed by atoms with E-state index in [0.29, 0.717) is 23.4 Å². The largest absolute Gasteiger partial charge is 0.376 e. The molecule has 2 aromatic rings. The zero-order chi connectivity index (χ0) is 22.3. The third kappa shape index (κ3) is 7.24. The van der Waals surface area contributed by atoms with Crippen molar-refractivity contribution in [2.24, 2.45) is 0 Å². The van der Waals surface area contributed by atoms with Gasteiger partial charge in [0.05, 0.1) is 6.54 Å². The number of hydrogen-bond donors (Lipinski definition) is 4. The van der Waals surface area contributed by atoms with E-state index < -0.39 is 0 Å². The fourth-order valence-corrected chi connectivity index (χ4v) is 2.61. The molecule has 3 amide bonds. The standard InChI is InChI=1S/C23H30N4O3/c1-6-20(28)26-19-13-18(10-7-15(19)2)25-21(29)14-24-17-11-8-16(9-12-17)22(30)27-23(3,4)5/h7-13,24H,6,14H2,1-5H3,(H,25,29)(H,26,28)(H,27,30). The molecule has 0 aromatic heterocycles. The van der Waals surface area contributed by atoms with Gasteiger partial charge in [-0.3, -0.25) is 14.4 Å². The summed E-state index contributed by atoms with van der Waals surface area (Å²) in [5.74, 6) is -0.443. The minimum Gasteiger partial charge on any atom is -0.376 e. The first-order valence-electron chi connectivity index (χ1n) is 9.94. The molecule has 0 atom stereocenters. The Morgan fingerprint density at radius 2 is 1.50 bits per heavy atom. The fourth-order valence-electron chi connectivity index (χ4n) is 2.61. The monoisotopic (exact) mass is 410 g/mol. The molecule has 0 aliphatic rings. The van der Waals surface area contributed by atoms with E-state index in [1.54, 1.807) is 43.3 Å². The third-order valence-electron chi connectivity index (χ3n) is 4.21. The Kier molecular flexibility index (Phi) is 7.58. The molecule has 0 radical (unpaired) electrons. The van der Waals surface area contributed by atoms with Crippen LogP contribution in [-0.2, 0) is 9.59 Å². The van der Waals surface area contributed by atoms with Gasteiger partial charge in [-0.2, -0.15) is 0 Å². The maximum Gasteiger partial charge on any atom is 0.251 e. The maximum absolute atomic E-state index is 12.3. The van der Waals surface area contributed by atoms with Crippen molar-refractivity contribution in [2.75, 3.05) is 22.5 Å². The first-order chi connectivity index (χ1) is 14.1. The zero-order valence-electron chi connectivity index (χ0n) is 18.2. The normalized spacial score (nSPS) is 10.8. The molecule has 2 rings (SSSR count). The highest BCUT2D eigenvalue weighted by Gasteiger charge is 2.15. The van der Waals surface area contributed by atoms with E-state index >= 15 is 0 Å². The summed E-state index contributed by atoms with van der Waals surface area (Å²) in [4.78, 5) is 36.1. The van der Waals surface area contributed by atoms with Crippen LogP contribution in [0.3, 0.4) is 0 Å². The van der Waals surface area contributed by atoms with E-state index in [-0.39, 0.29) is 29.8 Å². The van der Waals surface area contributed by atoms with Crippen molar-refractivity contribution in [3.63, 3.8) is 0 Å². The highest BCUT2D eigenvalue weighted by Crippen LogP contribution is 2.20. The second-order valence-electron chi connectivity index (χ2n) is 8.11. The van der Waals surface area contributed by atoms with E-state index in [9.17, 15) is 14.4 Å². The SMILES string of the molecule is CCC(=O)Nc1cc(NC(=O)CNc2ccc(C(=O)NC(C)(C)C)cc2)ccc1C. The lowest BCUT2D eigenvalue weighted by Gasteiger charge is -2.20. The van der Waals surface area contributed by atoms with Gasteiger partial charge in [-0.05, 0) is 69.7 Å². The van der Waals surface area contributed by atoms with Gasteiger partial charge in [0.2, 0.25) is 11.8 Å². The van der Waals surface area contributed by atoms with Gasteiger partial charge in [0.25, 0.3) is 5.91 Å². The Bertz CT molecular complexity index is 915. The van der Waals surface area contributed by atoms with Gasteiger partial charge < -0.3 is 21.3 Å². The van der Waals surface area contributed by atoms with E-state index in [2.05, 4.69) is 21.3 Å². The first-order valence-corrected chi connectivity index (χ1v) is 9.94.